The zero-order valence-electron chi connectivity index (χ0n) is 11.0. The average Bonchev–Trinajstić information content (AvgIpc) is 2.34. The molecular formula is C15H21ClFN. The number of rotatable bonds is 3. The summed E-state index contributed by atoms with van der Waals surface area (Å²) in [4.78, 5) is 0. The van der Waals surface area contributed by atoms with Crippen LogP contribution >= 0.6 is 11.6 Å². The van der Waals surface area contributed by atoms with Gasteiger partial charge in [-0.25, -0.2) is 4.39 Å². The van der Waals surface area contributed by atoms with Gasteiger partial charge in [-0.15, -0.1) is 0 Å². The van der Waals surface area contributed by atoms with Crippen molar-refractivity contribution >= 4 is 17.3 Å². The van der Waals surface area contributed by atoms with Gasteiger partial charge >= 0.3 is 0 Å². The normalized spacial score (nSPS) is 24.3. The van der Waals surface area contributed by atoms with Crippen LogP contribution in [0.15, 0.2) is 18.2 Å². The summed E-state index contributed by atoms with van der Waals surface area (Å²) in [5.74, 6) is 1.18. The van der Waals surface area contributed by atoms with Gasteiger partial charge < -0.3 is 5.32 Å². The number of benzene rings is 1. The van der Waals surface area contributed by atoms with Crippen LogP contribution in [0.25, 0.3) is 0 Å². The van der Waals surface area contributed by atoms with Crippen LogP contribution in [0.4, 0.5) is 10.1 Å². The second kappa shape index (κ2) is 5.92. The minimum atomic E-state index is -0.255. The number of halogens is 2. The number of anilines is 1. The minimum Gasteiger partial charge on any atom is -0.379 e. The fourth-order valence-corrected chi connectivity index (χ4v) is 3.02. The van der Waals surface area contributed by atoms with E-state index in [1.54, 1.807) is 12.1 Å². The molecule has 1 aliphatic carbocycles. The Morgan fingerprint density at radius 1 is 1.33 bits per heavy atom. The van der Waals surface area contributed by atoms with Crippen LogP contribution in [0, 0.1) is 17.7 Å². The largest absolute Gasteiger partial charge is 0.379 e. The summed E-state index contributed by atoms with van der Waals surface area (Å²) in [6.07, 6.45) is 4.73. The predicted molar refractivity (Wildman–Crippen MR) is 75.6 cm³/mol. The Bertz CT molecular complexity index is 385. The van der Waals surface area contributed by atoms with Crippen LogP contribution in [-0.2, 0) is 0 Å². The van der Waals surface area contributed by atoms with E-state index in [0.29, 0.717) is 22.7 Å². The van der Waals surface area contributed by atoms with E-state index in [-0.39, 0.29) is 5.82 Å². The number of para-hydroxylation sites is 1. The lowest BCUT2D eigenvalue weighted by molar-refractivity contribution is 0.264. The molecule has 0 bridgehead atoms. The minimum absolute atomic E-state index is 0.255. The van der Waals surface area contributed by atoms with Gasteiger partial charge in [-0.3, -0.25) is 0 Å². The highest BCUT2D eigenvalue weighted by Gasteiger charge is 2.25. The van der Waals surface area contributed by atoms with Gasteiger partial charge in [0.25, 0.3) is 0 Å². The van der Waals surface area contributed by atoms with Crippen LogP contribution in [0.2, 0.25) is 5.02 Å². The molecule has 1 aliphatic rings. The molecular weight excluding hydrogens is 249 g/mol. The second-order valence-electron chi connectivity index (χ2n) is 5.61. The molecule has 0 radical (unpaired) electrons. The maximum absolute atomic E-state index is 13.7. The molecule has 2 atom stereocenters. The second-order valence-corrected chi connectivity index (χ2v) is 6.02. The van der Waals surface area contributed by atoms with Crippen molar-refractivity contribution in [3.8, 4) is 0 Å². The van der Waals surface area contributed by atoms with E-state index in [0.717, 1.165) is 18.8 Å². The Balaban J connectivity index is 2.05. The first kappa shape index (κ1) is 13.7. The Morgan fingerprint density at radius 3 is 2.78 bits per heavy atom. The molecule has 0 saturated heterocycles. The molecule has 1 N–H and O–H groups in total. The summed E-state index contributed by atoms with van der Waals surface area (Å²) < 4.78 is 13.7. The Labute approximate surface area is 114 Å². The fraction of sp³-hybridized carbons (Fsp3) is 0.600. The highest BCUT2D eigenvalue weighted by molar-refractivity contribution is 6.33. The molecule has 2 rings (SSSR count). The zero-order valence-corrected chi connectivity index (χ0v) is 11.8. The van der Waals surface area contributed by atoms with Gasteiger partial charge in [-0.05, 0) is 36.8 Å². The molecule has 1 nitrogen and oxygen atoms in total. The Kier molecular flexibility index (Phi) is 4.50. The molecule has 18 heavy (non-hydrogen) atoms. The number of nitrogens with one attached hydrogen (secondary N) is 1. The summed E-state index contributed by atoms with van der Waals surface area (Å²) in [5, 5.41) is 3.77. The third-order valence-corrected chi connectivity index (χ3v) is 4.28. The van der Waals surface area contributed by atoms with E-state index in [1.165, 1.54) is 18.9 Å². The first-order valence-corrected chi connectivity index (χ1v) is 7.16. The molecule has 1 aromatic carbocycles. The van der Waals surface area contributed by atoms with Crippen LogP contribution in [0.1, 0.15) is 39.5 Å². The smallest absolute Gasteiger partial charge is 0.147 e. The van der Waals surface area contributed by atoms with E-state index >= 15 is 0 Å². The van der Waals surface area contributed by atoms with Crippen molar-refractivity contribution in [1.29, 1.82) is 0 Å². The van der Waals surface area contributed by atoms with Crippen LogP contribution < -0.4 is 5.32 Å². The fourth-order valence-electron chi connectivity index (χ4n) is 2.80. The summed E-state index contributed by atoms with van der Waals surface area (Å²) in [7, 11) is 0. The Morgan fingerprint density at radius 2 is 2.11 bits per heavy atom. The van der Waals surface area contributed by atoms with Gasteiger partial charge in [-0.1, -0.05) is 44.4 Å². The summed E-state index contributed by atoms with van der Waals surface area (Å²) in [6, 6.07) is 5.17. The van der Waals surface area contributed by atoms with E-state index in [4.69, 9.17) is 11.6 Å². The molecule has 100 valence electrons. The Hall–Kier alpha value is -0.760. The average molecular weight is 270 g/mol. The van der Waals surface area contributed by atoms with Crippen LogP contribution in [0.3, 0.4) is 0 Å². The van der Waals surface area contributed by atoms with Crippen molar-refractivity contribution in [1.82, 2.24) is 0 Å². The summed E-state index contributed by atoms with van der Waals surface area (Å²) in [6.45, 7) is 4.53. The highest BCUT2D eigenvalue weighted by Crippen LogP contribution is 2.33. The van der Waals surface area contributed by atoms with Gasteiger partial charge in [0.1, 0.15) is 5.82 Å². The first-order valence-electron chi connectivity index (χ1n) is 6.78. The zero-order chi connectivity index (χ0) is 13.1. The predicted octanol–water partition coefficient (Wildman–Crippen LogP) is 5.11. The van der Waals surface area contributed by atoms with Crippen molar-refractivity contribution < 1.29 is 4.39 Å². The lowest BCUT2D eigenvalue weighted by atomic mass is 9.79. The molecule has 1 fully saturated rings. The maximum Gasteiger partial charge on any atom is 0.147 e. The van der Waals surface area contributed by atoms with Gasteiger partial charge in [0.15, 0.2) is 0 Å². The van der Waals surface area contributed by atoms with E-state index in [9.17, 15) is 4.39 Å². The molecule has 0 spiro atoms. The number of hydrogen-bond donors (Lipinski definition) is 1. The van der Waals surface area contributed by atoms with Crippen molar-refractivity contribution in [3.63, 3.8) is 0 Å². The van der Waals surface area contributed by atoms with Gasteiger partial charge in [0.2, 0.25) is 0 Å². The number of hydrogen-bond acceptors (Lipinski definition) is 1. The van der Waals surface area contributed by atoms with Crippen molar-refractivity contribution in [2.75, 3.05) is 5.32 Å². The molecule has 1 saturated carbocycles. The molecule has 0 aliphatic heterocycles. The lowest BCUT2D eigenvalue weighted by Gasteiger charge is -2.32. The van der Waals surface area contributed by atoms with E-state index in [1.807, 2.05) is 0 Å². The van der Waals surface area contributed by atoms with Crippen LogP contribution in [-0.4, -0.2) is 6.04 Å². The van der Waals surface area contributed by atoms with Crippen molar-refractivity contribution in [3.05, 3.63) is 29.0 Å². The van der Waals surface area contributed by atoms with Crippen LogP contribution in [0.5, 0.6) is 0 Å². The van der Waals surface area contributed by atoms with Crippen molar-refractivity contribution in [2.24, 2.45) is 11.8 Å². The lowest BCUT2D eigenvalue weighted by Crippen LogP contribution is -2.29. The molecule has 2 unspecified atom stereocenters. The standard InChI is InChI=1S/C15H21ClFN/c1-10(2)11-5-3-6-12(9-11)18-15-13(16)7-4-8-14(15)17/h4,7-8,10-12,18H,3,5-6,9H2,1-2H3. The van der Waals surface area contributed by atoms with Gasteiger partial charge in [0.05, 0.1) is 10.7 Å². The first-order chi connectivity index (χ1) is 8.58. The van der Waals surface area contributed by atoms with E-state index < -0.39 is 0 Å². The third kappa shape index (κ3) is 3.17. The molecule has 1 aromatic rings. The van der Waals surface area contributed by atoms with Gasteiger partial charge in [0, 0.05) is 6.04 Å². The monoisotopic (exact) mass is 269 g/mol. The summed E-state index contributed by atoms with van der Waals surface area (Å²) in [5.41, 5.74) is 0.466. The molecule has 0 aromatic heterocycles. The molecule has 0 heterocycles. The quantitative estimate of drug-likeness (QED) is 0.804. The summed E-state index contributed by atoms with van der Waals surface area (Å²) >= 11 is 6.05. The van der Waals surface area contributed by atoms with Gasteiger partial charge in [-0.2, -0.15) is 0 Å². The molecule has 3 heteroatoms. The topological polar surface area (TPSA) is 12.0 Å². The maximum atomic E-state index is 13.7. The SMILES string of the molecule is CC(C)C1CCCC(Nc2c(F)cccc2Cl)C1. The van der Waals surface area contributed by atoms with Crippen molar-refractivity contribution in [2.45, 2.75) is 45.6 Å². The highest BCUT2D eigenvalue weighted by atomic mass is 35.5. The molecule has 0 amide bonds. The van der Waals surface area contributed by atoms with E-state index in [2.05, 4.69) is 19.2 Å². The third-order valence-electron chi connectivity index (χ3n) is 3.97.